The Kier molecular flexibility index (Phi) is 6.50. The number of nitrogens with one attached hydrogen (secondary N) is 2. The van der Waals surface area contributed by atoms with Gasteiger partial charge in [0.25, 0.3) is 11.6 Å². The quantitative estimate of drug-likeness (QED) is 0.420. The fourth-order valence-electron chi connectivity index (χ4n) is 2.60. The highest BCUT2D eigenvalue weighted by atomic mass is 32.2. The molecule has 0 bridgehead atoms. The number of anilines is 2. The van der Waals surface area contributed by atoms with Crippen LogP contribution in [0.3, 0.4) is 0 Å². The molecule has 0 aliphatic heterocycles. The second kappa shape index (κ2) is 9.26. The zero-order valence-electron chi connectivity index (χ0n) is 16.8. The first kappa shape index (κ1) is 21.8. The molecule has 0 saturated heterocycles. The van der Waals surface area contributed by atoms with Gasteiger partial charge in [0.15, 0.2) is 5.16 Å². The molecule has 0 aliphatic carbocycles. The molecule has 0 atom stereocenters. The van der Waals surface area contributed by atoms with Gasteiger partial charge >= 0.3 is 0 Å². The zero-order valence-corrected chi connectivity index (χ0v) is 17.6. The molecule has 3 rings (SSSR count). The van der Waals surface area contributed by atoms with Crippen LogP contribution in [0.2, 0.25) is 0 Å². The van der Waals surface area contributed by atoms with Crippen LogP contribution in [0.25, 0.3) is 0 Å². The average Bonchev–Trinajstić information content (AvgIpc) is 3.13. The van der Waals surface area contributed by atoms with Crippen molar-refractivity contribution in [1.29, 1.82) is 0 Å². The Morgan fingerprint density at radius 3 is 2.55 bits per heavy atom. The molecule has 3 aromatic rings. The van der Waals surface area contributed by atoms with E-state index in [0.717, 1.165) is 11.8 Å². The van der Waals surface area contributed by atoms with Gasteiger partial charge in [0.05, 0.1) is 28.3 Å². The third-order valence-electron chi connectivity index (χ3n) is 4.07. The summed E-state index contributed by atoms with van der Waals surface area (Å²) < 4.78 is 6.79. The molecule has 0 saturated carbocycles. The Morgan fingerprint density at radius 1 is 1.16 bits per heavy atom. The number of hydrogen-bond acceptors (Lipinski definition) is 8. The third-order valence-corrected chi connectivity index (χ3v) is 5.19. The Morgan fingerprint density at radius 2 is 1.94 bits per heavy atom. The molecule has 11 nitrogen and oxygen atoms in total. The third kappa shape index (κ3) is 5.17. The predicted molar refractivity (Wildman–Crippen MR) is 113 cm³/mol. The predicted octanol–water partition coefficient (Wildman–Crippen LogP) is 3.09. The number of rotatable bonds is 7. The van der Waals surface area contributed by atoms with Gasteiger partial charge in [-0.05, 0) is 36.0 Å². The number of benzene rings is 2. The van der Waals surface area contributed by atoms with E-state index in [9.17, 15) is 19.7 Å². The first-order valence-corrected chi connectivity index (χ1v) is 9.67. The summed E-state index contributed by atoms with van der Waals surface area (Å²) in [5.41, 5.74) is 0.490. The molecule has 2 N–H and O–H groups in total. The molecule has 0 spiro atoms. The van der Waals surface area contributed by atoms with Crippen LogP contribution in [0.1, 0.15) is 17.3 Å². The van der Waals surface area contributed by atoms with E-state index >= 15 is 0 Å². The highest BCUT2D eigenvalue weighted by Crippen LogP contribution is 2.34. The van der Waals surface area contributed by atoms with Crippen LogP contribution < -0.4 is 15.4 Å². The molecule has 160 valence electrons. The Balaban J connectivity index is 1.90. The molecule has 0 radical (unpaired) electrons. The van der Waals surface area contributed by atoms with E-state index in [1.54, 1.807) is 23.7 Å². The molecular formula is C19H18N6O5S. The first-order valence-electron chi connectivity index (χ1n) is 8.85. The minimum absolute atomic E-state index is 0.0746. The van der Waals surface area contributed by atoms with Crippen molar-refractivity contribution in [2.24, 2.45) is 7.05 Å². The summed E-state index contributed by atoms with van der Waals surface area (Å²) in [5.74, 6) is -0.439. The van der Waals surface area contributed by atoms with Crippen molar-refractivity contribution in [3.05, 3.63) is 58.4 Å². The van der Waals surface area contributed by atoms with Crippen molar-refractivity contribution < 1.29 is 19.2 Å². The summed E-state index contributed by atoms with van der Waals surface area (Å²) in [6.07, 6.45) is 1.48. The number of ether oxygens (including phenoxy) is 1. The van der Waals surface area contributed by atoms with Crippen LogP contribution >= 0.6 is 11.8 Å². The normalized spacial score (nSPS) is 10.4. The van der Waals surface area contributed by atoms with Crippen molar-refractivity contribution >= 4 is 40.6 Å². The van der Waals surface area contributed by atoms with Crippen LogP contribution in [-0.2, 0) is 11.8 Å². The molecule has 12 heteroatoms. The van der Waals surface area contributed by atoms with Gasteiger partial charge in [0.2, 0.25) is 5.91 Å². The zero-order chi connectivity index (χ0) is 22.5. The second-order valence-electron chi connectivity index (χ2n) is 6.31. The fraction of sp³-hybridized carbons (Fsp3) is 0.158. The van der Waals surface area contributed by atoms with Gasteiger partial charge in [-0.25, -0.2) is 0 Å². The lowest BCUT2D eigenvalue weighted by Crippen LogP contribution is -2.15. The number of hydrogen-bond donors (Lipinski definition) is 2. The molecule has 0 unspecified atom stereocenters. The molecule has 0 aliphatic rings. The minimum atomic E-state index is -0.585. The van der Waals surface area contributed by atoms with Crippen molar-refractivity contribution in [2.75, 3.05) is 17.7 Å². The highest BCUT2D eigenvalue weighted by molar-refractivity contribution is 7.99. The number of nitro groups is 1. The van der Waals surface area contributed by atoms with E-state index in [1.807, 2.05) is 0 Å². The number of methoxy groups -OCH3 is 1. The highest BCUT2D eigenvalue weighted by Gasteiger charge is 2.21. The summed E-state index contributed by atoms with van der Waals surface area (Å²) in [6, 6.07) is 8.89. The van der Waals surface area contributed by atoms with Gasteiger partial charge in [-0.1, -0.05) is 0 Å². The van der Waals surface area contributed by atoms with Crippen molar-refractivity contribution in [3.63, 3.8) is 0 Å². The molecule has 1 aromatic heterocycles. The maximum absolute atomic E-state index is 12.8. The number of aromatic nitrogens is 3. The van der Waals surface area contributed by atoms with Crippen molar-refractivity contribution in [1.82, 2.24) is 14.8 Å². The lowest BCUT2D eigenvalue weighted by Gasteiger charge is -2.13. The molecule has 2 amide bonds. The van der Waals surface area contributed by atoms with Crippen LogP contribution in [0.15, 0.2) is 52.8 Å². The summed E-state index contributed by atoms with van der Waals surface area (Å²) in [7, 11) is 3.19. The number of amides is 2. The summed E-state index contributed by atoms with van der Waals surface area (Å²) in [4.78, 5) is 35.6. The van der Waals surface area contributed by atoms with Gasteiger partial charge < -0.3 is 19.9 Å². The summed E-state index contributed by atoms with van der Waals surface area (Å²) >= 11 is 1.07. The Bertz CT molecular complexity index is 1160. The lowest BCUT2D eigenvalue weighted by molar-refractivity contribution is -0.387. The van der Waals surface area contributed by atoms with E-state index in [1.165, 1.54) is 44.6 Å². The Hall–Kier alpha value is -3.93. The topological polar surface area (TPSA) is 141 Å². The molecule has 2 aromatic carbocycles. The molecule has 0 fully saturated rings. The maximum Gasteiger partial charge on any atom is 0.284 e. The Labute approximate surface area is 181 Å². The van der Waals surface area contributed by atoms with E-state index in [-0.39, 0.29) is 17.2 Å². The van der Waals surface area contributed by atoms with Crippen LogP contribution in [0.5, 0.6) is 5.75 Å². The van der Waals surface area contributed by atoms with Gasteiger partial charge in [0.1, 0.15) is 12.1 Å². The van der Waals surface area contributed by atoms with Crippen LogP contribution in [0, 0.1) is 10.1 Å². The van der Waals surface area contributed by atoms with Gasteiger partial charge in [-0.15, -0.1) is 10.2 Å². The van der Waals surface area contributed by atoms with Crippen LogP contribution in [0.4, 0.5) is 17.1 Å². The van der Waals surface area contributed by atoms with Crippen LogP contribution in [-0.4, -0.2) is 38.6 Å². The largest absolute Gasteiger partial charge is 0.497 e. The standard InChI is InChI=1S/C19H18N6O5S/c1-11(26)21-14-6-5-13(30-3)9-15(14)22-18(27)12-4-7-17(16(8-12)25(28)29)31-19-23-20-10-24(19)2/h4-10H,1-3H3,(H,21,26)(H,22,27). The fourth-order valence-corrected chi connectivity index (χ4v) is 3.45. The summed E-state index contributed by atoms with van der Waals surface area (Å²) in [5, 5.41) is 25.0. The van der Waals surface area contributed by atoms with E-state index in [4.69, 9.17) is 4.74 Å². The number of aryl methyl sites for hydroxylation is 1. The molecule has 1 heterocycles. The second-order valence-corrected chi connectivity index (χ2v) is 7.32. The van der Waals surface area contributed by atoms with E-state index < -0.39 is 10.8 Å². The smallest absolute Gasteiger partial charge is 0.284 e. The number of nitro benzene ring substituents is 1. The van der Waals surface area contributed by atoms with E-state index in [2.05, 4.69) is 20.8 Å². The number of nitrogens with zero attached hydrogens (tertiary/aromatic N) is 4. The first-order chi connectivity index (χ1) is 14.8. The minimum Gasteiger partial charge on any atom is -0.497 e. The monoisotopic (exact) mass is 442 g/mol. The SMILES string of the molecule is COc1ccc(NC(C)=O)c(NC(=O)c2ccc(Sc3nncn3C)c([N+](=O)[O-])c2)c1. The molecular weight excluding hydrogens is 424 g/mol. The molecule has 31 heavy (non-hydrogen) atoms. The van der Waals surface area contributed by atoms with Gasteiger partial charge in [-0.3, -0.25) is 19.7 Å². The van der Waals surface area contributed by atoms with E-state index in [0.29, 0.717) is 27.2 Å². The number of carbonyl (C=O) groups is 2. The lowest BCUT2D eigenvalue weighted by atomic mass is 10.1. The summed E-state index contributed by atoms with van der Waals surface area (Å²) in [6.45, 7) is 1.34. The van der Waals surface area contributed by atoms with Gasteiger partial charge in [-0.2, -0.15) is 0 Å². The number of carbonyl (C=O) groups excluding carboxylic acids is 2. The van der Waals surface area contributed by atoms with Crippen molar-refractivity contribution in [3.8, 4) is 5.75 Å². The van der Waals surface area contributed by atoms with Crippen molar-refractivity contribution in [2.45, 2.75) is 17.0 Å². The average molecular weight is 442 g/mol. The van der Waals surface area contributed by atoms with Gasteiger partial charge in [0, 0.05) is 31.7 Å². The maximum atomic E-state index is 12.8.